The molecule has 15 heteroatoms. The first-order chi connectivity index (χ1) is 27.5. The Kier molecular flexibility index (Phi) is 11.9. The van der Waals surface area contributed by atoms with Crippen LogP contribution in [0.3, 0.4) is 0 Å². The lowest BCUT2D eigenvalue weighted by atomic mass is 9.96. The minimum absolute atomic E-state index is 0.0869. The van der Waals surface area contributed by atoms with Crippen LogP contribution in [0, 0.1) is 24.0 Å². The van der Waals surface area contributed by atoms with Crippen molar-refractivity contribution in [1.29, 1.82) is 0 Å². The Morgan fingerprint density at radius 2 is 1.82 bits per heavy atom. The molecule has 1 N–H and O–H groups in total. The van der Waals surface area contributed by atoms with Crippen molar-refractivity contribution in [2.75, 3.05) is 38.2 Å². The maximum absolute atomic E-state index is 16.5. The number of aromatic nitrogens is 3. The topological polar surface area (TPSA) is 130 Å². The maximum Gasteiger partial charge on any atom is 0.413 e. The second kappa shape index (κ2) is 17.0. The number of carbonyl (C=O) groups excluding carboxylic acids is 2. The number of carbonyl (C=O) groups is 2. The smallest absolute Gasteiger partial charge is 0.413 e. The molecular weight excluding hydrogens is 741 g/mol. The molecule has 2 bridgehead atoms. The van der Waals surface area contributed by atoms with Gasteiger partial charge in [0.1, 0.15) is 34.8 Å². The van der Waals surface area contributed by atoms with Crippen LogP contribution in [0.1, 0.15) is 77.2 Å². The second-order valence-electron chi connectivity index (χ2n) is 15.1. The normalized spacial score (nSPS) is 21.8. The number of hydrogen-bond acceptors (Lipinski definition) is 11. The zero-order valence-electron chi connectivity index (χ0n) is 32.3. The first-order valence-corrected chi connectivity index (χ1v) is 19.6. The number of rotatable bonds is 9. The second-order valence-corrected chi connectivity index (χ2v) is 15.1. The molecule has 302 valence electrons. The molecule has 4 saturated heterocycles. The van der Waals surface area contributed by atoms with Gasteiger partial charge in [-0.2, -0.15) is 9.97 Å². The van der Waals surface area contributed by atoms with Crippen LogP contribution in [0.2, 0.25) is 0 Å². The molecule has 0 aliphatic carbocycles. The van der Waals surface area contributed by atoms with Crippen molar-refractivity contribution in [3.8, 4) is 35.4 Å². The molecule has 0 spiro atoms. The molecule has 0 saturated carbocycles. The van der Waals surface area contributed by atoms with Crippen LogP contribution in [0.15, 0.2) is 30.5 Å². The highest BCUT2D eigenvalue weighted by molar-refractivity contribution is 6.03. The Bertz CT molecular complexity index is 2180. The van der Waals surface area contributed by atoms with E-state index in [0.29, 0.717) is 61.5 Å². The number of alkyl halides is 1. The molecule has 2 aromatic heterocycles. The van der Waals surface area contributed by atoms with E-state index in [2.05, 4.69) is 25.8 Å². The number of esters is 1. The maximum atomic E-state index is 16.5. The molecule has 4 unspecified atom stereocenters. The molecule has 5 atom stereocenters. The van der Waals surface area contributed by atoms with Gasteiger partial charge in [-0.3, -0.25) is 19.6 Å². The Balaban J connectivity index is 0.000000480. The molecule has 1 amide bonds. The van der Waals surface area contributed by atoms with Gasteiger partial charge in [-0.25, -0.2) is 18.0 Å². The van der Waals surface area contributed by atoms with Crippen LogP contribution < -0.4 is 9.64 Å². The number of fused-ring (bicyclic) bond motifs is 5. The highest BCUT2D eigenvalue weighted by atomic mass is 19.1. The van der Waals surface area contributed by atoms with E-state index in [-0.39, 0.29) is 58.0 Å². The van der Waals surface area contributed by atoms with Gasteiger partial charge in [-0.15, -0.1) is 6.42 Å². The van der Waals surface area contributed by atoms with Crippen LogP contribution in [-0.4, -0.2) is 106 Å². The highest BCUT2D eigenvalue weighted by Gasteiger charge is 2.45. The predicted octanol–water partition coefficient (Wildman–Crippen LogP) is 7.27. The van der Waals surface area contributed by atoms with Crippen LogP contribution >= 0.6 is 0 Å². The van der Waals surface area contributed by atoms with E-state index in [4.69, 9.17) is 20.6 Å². The number of methoxy groups -OCH3 is 1. The average molecular weight is 789 g/mol. The van der Waals surface area contributed by atoms with Gasteiger partial charge in [0.2, 0.25) is 6.29 Å². The summed E-state index contributed by atoms with van der Waals surface area (Å²) in [6.45, 7) is 6.14. The molecular formula is C42H47F3N6O6. The number of anilines is 1. The summed E-state index contributed by atoms with van der Waals surface area (Å²) in [5.41, 5.74) is -0.274. The lowest BCUT2D eigenvalue weighted by Gasteiger charge is -2.41. The van der Waals surface area contributed by atoms with Crippen LogP contribution in [0.5, 0.6) is 11.8 Å². The third-order valence-corrected chi connectivity index (χ3v) is 11.3. The fourth-order valence-corrected chi connectivity index (χ4v) is 8.69. The average Bonchev–Trinajstić information content (AvgIpc) is 3.85. The number of terminal acetylenes is 1. The van der Waals surface area contributed by atoms with Crippen molar-refractivity contribution >= 4 is 39.6 Å². The summed E-state index contributed by atoms with van der Waals surface area (Å²) in [5, 5.41) is 11.4. The summed E-state index contributed by atoms with van der Waals surface area (Å²) in [6, 6.07) is 5.36. The zero-order chi connectivity index (χ0) is 40.4. The van der Waals surface area contributed by atoms with E-state index in [1.807, 2.05) is 11.8 Å². The number of amides is 1. The first kappa shape index (κ1) is 39.9. The summed E-state index contributed by atoms with van der Waals surface area (Å²) in [4.78, 5) is 44.4. The summed E-state index contributed by atoms with van der Waals surface area (Å²) < 4.78 is 59.9. The molecule has 12 nitrogen and oxygen atoms in total. The molecule has 0 radical (unpaired) electrons. The number of nitrogens with zero attached hydrogens (tertiary/aromatic N) is 6. The van der Waals surface area contributed by atoms with E-state index in [1.54, 1.807) is 4.90 Å². The van der Waals surface area contributed by atoms with Crippen LogP contribution in [0.25, 0.3) is 32.9 Å². The molecule has 4 fully saturated rings. The monoisotopic (exact) mass is 788 g/mol. The third-order valence-electron chi connectivity index (χ3n) is 11.3. The molecule has 8 rings (SSSR count). The van der Waals surface area contributed by atoms with Gasteiger partial charge in [0, 0.05) is 56.2 Å². The standard InChI is InChI=1S/C35H35F2N5O6.C7H12FN/c1-5-7-8-9-28(44)47-19(3)48-35(45)42-21-11-12-22(42)18-41(17-21)33-26-16-38-31(30(37)32(26)39-34(40-33)46-4)25-15-23(43)14-20-10-13-27(36)24(6-2)29(20)25;8-6-4-7-2-1-3-9(7)5-6/h2,10,13-16,19,21-22,43H,5,7-9,11-12,17-18H2,1,3-4H3;6-7H,1-5H2/t;6-,7?/m.1/s1. The van der Waals surface area contributed by atoms with Gasteiger partial charge in [-0.05, 0) is 68.7 Å². The van der Waals surface area contributed by atoms with Gasteiger partial charge in [0.25, 0.3) is 0 Å². The lowest BCUT2D eigenvalue weighted by Crippen LogP contribution is -2.56. The van der Waals surface area contributed by atoms with E-state index in [1.165, 1.54) is 57.3 Å². The van der Waals surface area contributed by atoms with Crippen molar-refractivity contribution in [1.82, 2.24) is 24.8 Å². The SMILES string of the molecule is C#Cc1c(F)ccc2cc(O)cc(-c3ncc4c(N5CC6CCC(C5)N6C(=O)OC(C)OC(=O)CCCCC)nc(OC)nc4c3F)c12.F[C@@H]1CC2CCCN2C1. The Morgan fingerprint density at radius 3 is 2.53 bits per heavy atom. The molecule has 4 aliphatic rings. The van der Waals surface area contributed by atoms with Gasteiger partial charge in [0.15, 0.2) is 5.82 Å². The van der Waals surface area contributed by atoms with Gasteiger partial charge < -0.3 is 24.2 Å². The number of phenolic OH excluding ortho intramolecular Hbond substituents is 1. The zero-order valence-corrected chi connectivity index (χ0v) is 32.3. The van der Waals surface area contributed by atoms with E-state index in [0.717, 1.165) is 25.8 Å². The number of unbranched alkanes of at least 4 members (excludes halogenated alkanes) is 2. The van der Waals surface area contributed by atoms with Crippen molar-refractivity contribution < 1.29 is 42.1 Å². The lowest BCUT2D eigenvalue weighted by molar-refractivity contribution is -0.166. The molecule has 6 heterocycles. The Labute approximate surface area is 329 Å². The van der Waals surface area contributed by atoms with Gasteiger partial charge in [0.05, 0.1) is 30.1 Å². The third kappa shape index (κ3) is 8.23. The summed E-state index contributed by atoms with van der Waals surface area (Å²) in [7, 11) is 1.37. The number of halogens is 3. The number of benzene rings is 2. The Hall–Kier alpha value is -5.36. The molecule has 4 aliphatic heterocycles. The summed E-state index contributed by atoms with van der Waals surface area (Å²) in [5.74, 6) is 0.602. The fourth-order valence-electron chi connectivity index (χ4n) is 8.69. The van der Waals surface area contributed by atoms with E-state index in [9.17, 15) is 23.5 Å². The van der Waals surface area contributed by atoms with Crippen molar-refractivity contribution in [2.24, 2.45) is 0 Å². The quantitative estimate of drug-likeness (QED) is 0.0796. The van der Waals surface area contributed by atoms with E-state index < -0.39 is 36.2 Å². The van der Waals surface area contributed by atoms with Gasteiger partial charge >= 0.3 is 18.1 Å². The van der Waals surface area contributed by atoms with E-state index >= 15 is 4.39 Å². The number of hydrogen-bond donors (Lipinski definition) is 1. The predicted molar refractivity (Wildman–Crippen MR) is 207 cm³/mol. The number of ether oxygens (including phenoxy) is 3. The van der Waals surface area contributed by atoms with Crippen LogP contribution in [-0.2, 0) is 14.3 Å². The molecule has 2 aromatic carbocycles. The van der Waals surface area contributed by atoms with Crippen molar-refractivity contribution in [3.05, 3.63) is 47.7 Å². The first-order valence-electron chi connectivity index (χ1n) is 19.6. The number of pyridine rings is 1. The van der Waals surface area contributed by atoms with Crippen molar-refractivity contribution in [3.63, 3.8) is 0 Å². The van der Waals surface area contributed by atoms with Crippen molar-refractivity contribution in [2.45, 2.75) is 102 Å². The summed E-state index contributed by atoms with van der Waals surface area (Å²) >= 11 is 0. The number of piperazine rings is 1. The highest BCUT2D eigenvalue weighted by Crippen LogP contribution is 2.40. The number of phenols is 1. The minimum atomic E-state index is -1.03. The largest absolute Gasteiger partial charge is 0.508 e. The Morgan fingerprint density at radius 1 is 1.05 bits per heavy atom. The molecule has 4 aromatic rings. The molecule has 57 heavy (non-hydrogen) atoms. The number of aromatic hydroxyl groups is 1. The fraction of sp³-hybridized carbons (Fsp3) is 0.500. The minimum Gasteiger partial charge on any atom is -0.508 e. The summed E-state index contributed by atoms with van der Waals surface area (Å²) in [6.07, 6.45) is 12.5. The van der Waals surface area contributed by atoms with Crippen LogP contribution in [0.4, 0.5) is 23.8 Å². The van der Waals surface area contributed by atoms with Gasteiger partial charge in [-0.1, -0.05) is 31.8 Å².